The van der Waals surface area contributed by atoms with Crippen LogP contribution in [-0.4, -0.2) is 22.3 Å². The van der Waals surface area contributed by atoms with Gasteiger partial charge in [-0.3, -0.25) is 4.79 Å². The summed E-state index contributed by atoms with van der Waals surface area (Å²) in [5, 5.41) is 3.61. The van der Waals surface area contributed by atoms with Crippen molar-refractivity contribution in [3.63, 3.8) is 0 Å². The van der Waals surface area contributed by atoms with E-state index in [1.54, 1.807) is 11.8 Å². The number of anilines is 1. The van der Waals surface area contributed by atoms with Gasteiger partial charge in [0.25, 0.3) is 5.91 Å². The smallest absolute Gasteiger partial charge is 0.262 e. The lowest BCUT2D eigenvalue weighted by Gasteiger charge is -2.39. The van der Waals surface area contributed by atoms with Crippen LogP contribution in [0.4, 0.5) is 5.69 Å². The highest BCUT2D eigenvalue weighted by Crippen LogP contribution is 2.42. The molecule has 4 nitrogen and oxygen atoms in total. The van der Waals surface area contributed by atoms with Gasteiger partial charge in [0, 0.05) is 11.7 Å². The number of rotatable bonds is 7. The summed E-state index contributed by atoms with van der Waals surface area (Å²) in [6, 6.07) is 26.5. The molecule has 1 amide bonds. The summed E-state index contributed by atoms with van der Waals surface area (Å²) < 4.78 is 6.88. The molecule has 3 aromatic carbocycles. The summed E-state index contributed by atoms with van der Waals surface area (Å²) >= 11 is 5.26. The van der Waals surface area contributed by atoms with Crippen LogP contribution < -0.4 is 10.1 Å². The first-order valence-electron chi connectivity index (χ1n) is 12.6. The molecule has 2 aliphatic rings. The number of thioether (sulfide) groups is 1. The standard InChI is InChI=1S/C30H31BrN2O2S/c1-21-10-8-9-15-26(21)33-29(34)28(36-30(33)32-24-13-6-3-7-14-24)19-23-16-17-27(25(31)18-23)35-20-22-11-4-2-5-12-22/h2-7,11-14,16-19,21,26,30,32H,8-10,15,20H2,1H3/b28-19-/t21-,26+,30?/m1/s1. The molecule has 1 saturated heterocycles. The van der Waals surface area contributed by atoms with Crippen molar-refractivity contribution >= 4 is 45.4 Å². The number of hydrogen-bond donors (Lipinski definition) is 1. The molecule has 5 rings (SSSR count). The third-order valence-electron chi connectivity index (χ3n) is 6.91. The van der Waals surface area contributed by atoms with Crippen LogP contribution in [0.25, 0.3) is 6.08 Å². The van der Waals surface area contributed by atoms with Crippen LogP contribution in [0.2, 0.25) is 0 Å². The first kappa shape index (κ1) is 25.0. The third-order valence-corrected chi connectivity index (χ3v) is 8.65. The molecule has 186 valence electrons. The number of carbonyl (C=O) groups is 1. The molecule has 0 spiro atoms. The van der Waals surface area contributed by atoms with Gasteiger partial charge in [0.2, 0.25) is 0 Å². The summed E-state index contributed by atoms with van der Waals surface area (Å²) in [4.78, 5) is 16.6. The van der Waals surface area contributed by atoms with Gasteiger partial charge in [0.05, 0.1) is 9.38 Å². The number of nitrogens with zero attached hydrogens (tertiary/aromatic N) is 1. The number of amides is 1. The zero-order valence-electron chi connectivity index (χ0n) is 20.4. The number of hydrogen-bond acceptors (Lipinski definition) is 4. The van der Waals surface area contributed by atoms with Gasteiger partial charge in [-0.1, -0.05) is 86.1 Å². The van der Waals surface area contributed by atoms with E-state index in [1.807, 2.05) is 60.7 Å². The Balaban J connectivity index is 1.36. The maximum Gasteiger partial charge on any atom is 0.262 e. The average molecular weight is 564 g/mol. The fourth-order valence-electron chi connectivity index (χ4n) is 4.98. The molecular formula is C30H31BrN2O2S. The molecule has 0 bridgehead atoms. The lowest BCUT2D eigenvalue weighted by molar-refractivity contribution is -0.129. The summed E-state index contributed by atoms with van der Waals surface area (Å²) in [6.07, 6.45) is 6.67. The number of benzene rings is 3. The predicted molar refractivity (Wildman–Crippen MR) is 153 cm³/mol. The maximum absolute atomic E-state index is 13.7. The van der Waals surface area contributed by atoms with Crippen molar-refractivity contribution in [3.8, 4) is 5.75 Å². The van der Waals surface area contributed by atoms with Gasteiger partial charge < -0.3 is 15.0 Å². The zero-order chi connectivity index (χ0) is 24.9. The van der Waals surface area contributed by atoms with Crippen molar-refractivity contribution in [1.82, 2.24) is 4.90 Å². The second kappa shape index (κ2) is 11.6. The molecule has 1 heterocycles. The third kappa shape index (κ3) is 5.81. The topological polar surface area (TPSA) is 41.6 Å². The van der Waals surface area contributed by atoms with E-state index in [2.05, 4.69) is 57.3 Å². The molecule has 1 N–H and O–H groups in total. The van der Waals surface area contributed by atoms with Gasteiger partial charge in [-0.05, 0) is 76.2 Å². The lowest BCUT2D eigenvalue weighted by Crippen LogP contribution is -2.48. The van der Waals surface area contributed by atoms with Crippen molar-refractivity contribution in [3.05, 3.63) is 99.4 Å². The number of ether oxygens (including phenoxy) is 1. The van der Waals surface area contributed by atoms with Crippen molar-refractivity contribution in [2.24, 2.45) is 5.92 Å². The Morgan fingerprint density at radius 1 is 1.03 bits per heavy atom. The Hall–Kier alpha value is -2.70. The van der Waals surface area contributed by atoms with Crippen LogP contribution in [0.3, 0.4) is 0 Å². The summed E-state index contributed by atoms with van der Waals surface area (Å²) in [5.41, 5.74) is 3.01. The zero-order valence-corrected chi connectivity index (χ0v) is 22.8. The van der Waals surface area contributed by atoms with E-state index >= 15 is 0 Å². The molecule has 6 heteroatoms. The van der Waals surface area contributed by atoms with Crippen LogP contribution in [0, 0.1) is 5.92 Å². The molecule has 1 unspecified atom stereocenters. The second-order valence-electron chi connectivity index (χ2n) is 9.49. The highest BCUT2D eigenvalue weighted by molar-refractivity contribution is 9.10. The maximum atomic E-state index is 13.7. The lowest BCUT2D eigenvalue weighted by atomic mass is 9.85. The van der Waals surface area contributed by atoms with Gasteiger partial charge in [0.1, 0.15) is 12.4 Å². The minimum Gasteiger partial charge on any atom is -0.488 e. The average Bonchev–Trinajstić information content (AvgIpc) is 3.19. The molecule has 0 radical (unpaired) electrons. The molecule has 1 aliphatic carbocycles. The quantitative estimate of drug-likeness (QED) is 0.297. The van der Waals surface area contributed by atoms with Gasteiger partial charge in [-0.2, -0.15) is 0 Å². The van der Waals surface area contributed by atoms with E-state index in [1.165, 1.54) is 19.3 Å². The van der Waals surface area contributed by atoms with Crippen molar-refractivity contribution in [2.45, 2.75) is 50.8 Å². The fraction of sp³-hybridized carbons (Fsp3) is 0.300. The van der Waals surface area contributed by atoms with E-state index in [-0.39, 0.29) is 17.4 Å². The minimum atomic E-state index is -0.117. The Labute approximate surface area is 226 Å². The Kier molecular flexibility index (Phi) is 8.02. The minimum absolute atomic E-state index is 0.117. The van der Waals surface area contributed by atoms with E-state index in [0.29, 0.717) is 12.5 Å². The number of halogens is 1. The van der Waals surface area contributed by atoms with Gasteiger partial charge >= 0.3 is 0 Å². The normalized spacial score (nSPS) is 23.2. The predicted octanol–water partition coefficient (Wildman–Crippen LogP) is 7.92. The van der Waals surface area contributed by atoms with Crippen molar-refractivity contribution < 1.29 is 9.53 Å². The van der Waals surface area contributed by atoms with Gasteiger partial charge in [0.15, 0.2) is 5.50 Å². The number of para-hydroxylation sites is 1. The molecule has 0 aromatic heterocycles. The molecule has 2 fully saturated rings. The Morgan fingerprint density at radius 2 is 1.75 bits per heavy atom. The largest absolute Gasteiger partial charge is 0.488 e. The molecular weight excluding hydrogens is 532 g/mol. The molecule has 36 heavy (non-hydrogen) atoms. The number of nitrogens with one attached hydrogen (secondary N) is 1. The van der Waals surface area contributed by atoms with Crippen LogP contribution >= 0.6 is 27.7 Å². The van der Waals surface area contributed by atoms with E-state index in [0.717, 1.165) is 38.4 Å². The summed E-state index contributed by atoms with van der Waals surface area (Å²) in [7, 11) is 0. The summed E-state index contributed by atoms with van der Waals surface area (Å²) in [6.45, 7) is 2.80. The van der Waals surface area contributed by atoms with Gasteiger partial charge in [-0.25, -0.2) is 0 Å². The highest BCUT2D eigenvalue weighted by Gasteiger charge is 2.42. The molecule has 1 aliphatic heterocycles. The Morgan fingerprint density at radius 3 is 2.47 bits per heavy atom. The number of carbonyl (C=O) groups excluding carboxylic acids is 1. The highest BCUT2D eigenvalue weighted by atomic mass is 79.9. The first-order chi connectivity index (χ1) is 17.6. The summed E-state index contributed by atoms with van der Waals surface area (Å²) in [5.74, 6) is 1.40. The monoisotopic (exact) mass is 562 g/mol. The van der Waals surface area contributed by atoms with Crippen molar-refractivity contribution in [2.75, 3.05) is 5.32 Å². The van der Waals surface area contributed by atoms with Crippen LogP contribution in [0.5, 0.6) is 5.75 Å². The van der Waals surface area contributed by atoms with E-state index in [9.17, 15) is 4.79 Å². The molecule has 3 aromatic rings. The van der Waals surface area contributed by atoms with Crippen LogP contribution in [0.1, 0.15) is 43.7 Å². The SMILES string of the molecule is C[C@@H]1CCCC[C@@H]1N1C(=O)/C(=C/c2ccc(OCc3ccccc3)c(Br)c2)SC1Nc1ccccc1. The first-order valence-corrected chi connectivity index (χ1v) is 14.2. The van der Waals surface area contributed by atoms with E-state index < -0.39 is 0 Å². The van der Waals surface area contributed by atoms with Crippen molar-refractivity contribution in [1.29, 1.82) is 0 Å². The van der Waals surface area contributed by atoms with Crippen LogP contribution in [-0.2, 0) is 11.4 Å². The van der Waals surface area contributed by atoms with Crippen LogP contribution in [0.15, 0.2) is 88.2 Å². The van der Waals surface area contributed by atoms with E-state index in [4.69, 9.17) is 4.74 Å². The molecule has 1 saturated carbocycles. The fourth-order valence-corrected chi connectivity index (χ4v) is 6.70. The Bertz CT molecular complexity index is 1220. The van der Waals surface area contributed by atoms with Gasteiger partial charge in [-0.15, -0.1) is 0 Å². The molecule has 3 atom stereocenters. The second-order valence-corrected chi connectivity index (χ2v) is 11.5.